The van der Waals surface area contributed by atoms with Crippen LogP contribution in [-0.4, -0.2) is 41.9 Å². The van der Waals surface area contributed by atoms with E-state index in [1.165, 1.54) is 32.7 Å². The zero-order valence-corrected chi connectivity index (χ0v) is 12.0. The van der Waals surface area contributed by atoms with Gasteiger partial charge in [-0.1, -0.05) is 11.2 Å². The first-order chi connectivity index (χ1) is 5.66. The first-order valence-corrected chi connectivity index (χ1v) is 4.88. The van der Waals surface area contributed by atoms with Crippen molar-refractivity contribution in [3.63, 3.8) is 0 Å². The molecule has 0 saturated carbocycles. The molecule has 0 bridgehead atoms. The number of hydrogen-bond acceptors (Lipinski definition) is 4. The van der Waals surface area contributed by atoms with Crippen LogP contribution in [-0.2, 0) is 12.6 Å². The van der Waals surface area contributed by atoms with Gasteiger partial charge in [0, 0.05) is 26.2 Å². The van der Waals surface area contributed by atoms with E-state index >= 15 is 0 Å². The van der Waals surface area contributed by atoms with Crippen LogP contribution in [0.4, 0.5) is 0 Å². The Morgan fingerprint density at radius 1 is 1.54 bits per heavy atom. The molecule has 1 heterocycles. The van der Waals surface area contributed by atoms with Gasteiger partial charge in [0.1, 0.15) is 0 Å². The predicted molar refractivity (Wildman–Crippen MR) is 59.1 cm³/mol. The van der Waals surface area contributed by atoms with Crippen molar-refractivity contribution in [2.75, 3.05) is 32.7 Å². The number of hydrogen-bond donors (Lipinski definition) is 2. The molecule has 1 rings (SSSR count). The third kappa shape index (κ3) is 13.0. The molecule has 13 heavy (non-hydrogen) atoms. The second-order valence-corrected chi connectivity index (χ2v) is 3.64. The van der Waals surface area contributed by atoms with Crippen LogP contribution in [0.25, 0.3) is 0 Å². The van der Waals surface area contributed by atoms with E-state index in [2.05, 4.69) is 47.7 Å². The minimum absolute atomic E-state index is 0. The second kappa shape index (κ2) is 11.1. The van der Waals surface area contributed by atoms with Crippen molar-refractivity contribution in [2.45, 2.75) is 6.92 Å². The zero-order valence-electron chi connectivity index (χ0n) is 8.38. The molecule has 3 nitrogen and oxygen atoms in total. The third-order valence-corrected chi connectivity index (χ3v) is 1.66. The van der Waals surface area contributed by atoms with Crippen molar-refractivity contribution >= 4 is 29.2 Å². The molecule has 6 heteroatoms. The van der Waals surface area contributed by atoms with Gasteiger partial charge in [0.2, 0.25) is 0 Å². The molecule has 0 unspecified atom stereocenters. The summed E-state index contributed by atoms with van der Waals surface area (Å²) in [6.45, 7) is 8.24. The van der Waals surface area contributed by atoms with Crippen LogP contribution in [0.2, 0.25) is 0 Å². The zero-order chi connectivity index (χ0) is 9.40. The van der Waals surface area contributed by atoms with E-state index < -0.39 is 0 Å². The van der Waals surface area contributed by atoms with Gasteiger partial charge < -0.3 is 40.8 Å². The Morgan fingerprint density at radius 3 is 2.15 bits per heavy atom. The molecule has 0 aliphatic carbocycles. The van der Waals surface area contributed by atoms with Gasteiger partial charge >= 0.3 is 29.6 Å². The average molecular weight is 229 g/mol. The van der Waals surface area contributed by atoms with Crippen LogP contribution in [0, 0.1) is 0 Å². The Morgan fingerprint density at radius 2 is 1.92 bits per heavy atom. The summed E-state index contributed by atoms with van der Waals surface area (Å²) in [7, 11) is 0. The maximum atomic E-state index is 4.66. The van der Waals surface area contributed by atoms with Crippen molar-refractivity contribution < 1.29 is 29.6 Å². The quantitative estimate of drug-likeness (QED) is 0.280. The fourth-order valence-corrected chi connectivity index (χ4v) is 1.03. The Labute approximate surface area is 114 Å². The van der Waals surface area contributed by atoms with Crippen LogP contribution in [0.5, 0.6) is 0 Å². The molecule has 1 aliphatic heterocycles. The molecule has 0 aromatic carbocycles. The van der Waals surface area contributed by atoms with Crippen molar-refractivity contribution in [3.05, 3.63) is 0 Å². The molecule has 0 aromatic rings. The smallest absolute Gasteiger partial charge is 0.415 e. The molecule has 0 atom stereocenters. The molecule has 0 radical (unpaired) electrons. The summed E-state index contributed by atoms with van der Waals surface area (Å²) in [6.07, 6.45) is 0. The number of rotatable bonds is 1. The third-order valence-electron chi connectivity index (χ3n) is 1.66. The molecule has 0 spiro atoms. The average Bonchev–Trinajstić information content (AvgIpc) is 2.05. The monoisotopic (exact) mass is 229 g/mol. The van der Waals surface area contributed by atoms with E-state index in [0.717, 1.165) is 0 Å². The van der Waals surface area contributed by atoms with Crippen LogP contribution in [0.1, 0.15) is 6.92 Å². The maximum absolute atomic E-state index is 4.66. The SMILES string of the molecule is CCN1CCNCC1.NC(=S)[S-].[Na+]. The van der Waals surface area contributed by atoms with Crippen LogP contribution >= 0.6 is 12.2 Å². The summed E-state index contributed by atoms with van der Waals surface area (Å²) in [6, 6.07) is 0. The first kappa shape index (κ1) is 16.5. The molecule has 0 amide bonds. The number of piperazine rings is 1. The normalized spacial score (nSPS) is 16.4. The summed E-state index contributed by atoms with van der Waals surface area (Å²) < 4.78 is 0.0833. The standard InChI is InChI=1S/C6H14N2.CH3NS2.Na/c1-2-8-5-3-7-4-6-8;2-1(3)4;/h7H,2-6H2,1H3;(H3,2,3,4);/q;;+1/p-1. The van der Waals surface area contributed by atoms with E-state index in [9.17, 15) is 0 Å². The van der Waals surface area contributed by atoms with Crippen LogP contribution < -0.4 is 40.6 Å². The summed E-state index contributed by atoms with van der Waals surface area (Å²) in [5.74, 6) is 0. The number of nitrogens with zero attached hydrogens (tertiary/aromatic N) is 1. The maximum Gasteiger partial charge on any atom is 1.00 e. The van der Waals surface area contributed by atoms with E-state index in [1.54, 1.807) is 0 Å². The fourth-order valence-electron chi connectivity index (χ4n) is 1.03. The summed E-state index contributed by atoms with van der Waals surface area (Å²) in [5.41, 5.74) is 4.66. The van der Waals surface area contributed by atoms with Crippen molar-refractivity contribution in [1.29, 1.82) is 0 Å². The fraction of sp³-hybridized carbons (Fsp3) is 0.857. The van der Waals surface area contributed by atoms with Crippen LogP contribution in [0.15, 0.2) is 0 Å². The van der Waals surface area contributed by atoms with Gasteiger partial charge in [0.15, 0.2) is 0 Å². The molecule has 72 valence electrons. The van der Waals surface area contributed by atoms with E-state index in [1.807, 2.05) is 0 Å². The molecule has 0 aromatic heterocycles. The van der Waals surface area contributed by atoms with Crippen molar-refractivity contribution in [3.8, 4) is 0 Å². The predicted octanol–water partition coefficient (Wildman–Crippen LogP) is -3.31. The molecular weight excluding hydrogens is 213 g/mol. The van der Waals surface area contributed by atoms with Gasteiger partial charge in [-0.05, 0) is 6.54 Å². The molecule has 1 aliphatic rings. The van der Waals surface area contributed by atoms with Gasteiger partial charge in [-0.3, -0.25) is 0 Å². The minimum atomic E-state index is 0. The molecular formula is C7H16N3NaS2. The van der Waals surface area contributed by atoms with Crippen molar-refractivity contribution in [2.24, 2.45) is 5.73 Å². The van der Waals surface area contributed by atoms with Gasteiger partial charge in [0.05, 0.1) is 0 Å². The van der Waals surface area contributed by atoms with Gasteiger partial charge in [-0.15, -0.1) is 0 Å². The molecule has 3 N–H and O–H groups in total. The number of nitrogens with one attached hydrogen (secondary N) is 1. The van der Waals surface area contributed by atoms with Crippen molar-refractivity contribution in [1.82, 2.24) is 10.2 Å². The Kier molecular flexibility index (Phi) is 14.1. The van der Waals surface area contributed by atoms with Gasteiger partial charge in [-0.2, -0.15) is 0 Å². The molecule has 1 fully saturated rings. The largest absolute Gasteiger partial charge is 1.00 e. The number of likely N-dealkylation sites (N-methyl/N-ethyl adjacent to an activating group) is 1. The summed E-state index contributed by atoms with van der Waals surface area (Å²) in [4.78, 5) is 2.45. The Bertz CT molecular complexity index is 125. The summed E-state index contributed by atoms with van der Waals surface area (Å²) in [5, 5.41) is 3.31. The topological polar surface area (TPSA) is 41.3 Å². The first-order valence-electron chi connectivity index (χ1n) is 4.06. The van der Waals surface area contributed by atoms with Gasteiger partial charge in [0.25, 0.3) is 0 Å². The molecule has 1 saturated heterocycles. The Balaban J connectivity index is 0. The van der Waals surface area contributed by atoms with Crippen LogP contribution in [0.3, 0.4) is 0 Å². The minimum Gasteiger partial charge on any atom is -0.415 e. The van der Waals surface area contributed by atoms with E-state index in [4.69, 9.17) is 0 Å². The number of nitrogens with two attached hydrogens (primary N) is 1. The number of thiocarbonyl (C=S) groups is 1. The Hall–Kier alpha value is 1.03. The van der Waals surface area contributed by atoms with E-state index in [0.29, 0.717) is 0 Å². The second-order valence-electron chi connectivity index (χ2n) is 2.50. The summed E-state index contributed by atoms with van der Waals surface area (Å²) >= 11 is 8.26. The van der Waals surface area contributed by atoms with Gasteiger partial charge in [-0.25, -0.2) is 0 Å². The van der Waals surface area contributed by atoms with E-state index in [-0.39, 0.29) is 33.9 Å².